The Morgan fingerprint density at radius 1 is 1.03 bits per heavy atom. The molecule has 0 atom stereocenters. The third kappa shape index (κ3) is 6.11. The molecule has 0 radical (unpaired) electrons. The molecule has 2 N–H and O–H groups in total. The van der Waals surface area contributed by atoms with Gasteiger partial charge in [0.15, 0.2) is 5.69 Å². The Labute approximate surface area is 182 Å². The zero-order valence-electron chi connectivity index (χ0n) is 16.5. The number of nitrogens with zero attached hydrogens (tertiary/aromatic N) is 2. The summed E-state index contributed by atoms with van der Waals surface area (Å²) in [6.45, 7) is 0. The molecule has 174 valence electrons. The lowest BCUT2D eigenvalue weighted by molar-refractivity contribution is -0.143. The number of carboxylic acid groups (broad SMARTS) is 1. The van der Waals surface area contributed by atoms with E-state index in [4.69, 9.17) is 4.52 Å². The summed E-state index contributed by atoms with van der Waals surface area (Å²) in [6.07, 6.45) is -8.81. The third-order valence-electron chi connectivity index (χ3n) is 4.45. The SMILES string of the molecule is O=C(O)c1noc(Cc2ccccc2)c1CC=NNc1cc(C(F)(F)F)cc(C(F)(F)F)c1. The van der Waals surface area contributed by atoms with E-state index in [1.807, 2.05) is 0 Å². The fourth-order valence-electron chi connectivity index (χ4n) is 2.92. The Morgan fingerprint density at radius 3 is 2.18 bits per heavy atom. The number of halogens is 6. The molecule has 1 aromatic heterocycles. The van der Waals surface area contributed by atoms with Gasteiger partial charge in [-0.3, -0.25) is 5.43 Å². The quantitative estimate of drug-likeness (QED) is 0.265. The van der Waals surface area contributed by atoms with Crippen molar-refractivity contribution >= 4 is 17.9 Å². The number of hydrogen-bond donors (Lipinski definition) is 2. The minimum atomic E-state index is -4.99. The maximum Gasteiger partial charge on any atom is 0.416 e. The van der Waals surface area contributed by atoms with Crippen LogP contribution in [0.25, 0.3) is 0 Å². The number of nitrogens with one attached hydrogen (secondary N) is 1. The first-order valence-corrected chi connectivity index (χ1v) is 9.27. The number of anilines is 1. The minimum absolute atomic E-state index is 0.00102. The van der Waals surface area contributed by atoms with Crippen LogP contribution in [0.1, 0.15) is 38.5 Å². The molecule has 1 heterocycles. The van der Waals surface area contributed by atoms with Crippen molar-refractivity contribution in [2.45, 2.75) is 25.2 Å². The molecular weight excluding hydrogens is 456 g/mol. The first kappa shape index (κ1) is 23.8. The average molecular weight is 471 g/mol. The molecule has 3 rings (SSSR count). The molecule has 33 heavy (non-hydrogen) atoms. The van der Waals surface area contributed by atoms with E-state index in [0.717, 1.165) is 11.8 Å². The molecule has 0 aliphatic heterocycles. The van der Waals surface area contributed by atoms with Crippen LogP contribution in [0.4, 0.5) is 32.0 Å². The molecule has 12 heteroatoms. The summed E-state index contributed by atoms with van der Waals surface area (Å²) in [5.74, 6) is -1.12. The second kappa shape index (κ2) is 9.35. The Morgan fingerprint density at radius 2 is 1.64 bits per heavy atom. The van der Waals surface area contributed by atoms with Crippen molar-refractivity contribution in [3.63, 3.8) is 0 Å². The maximum atomic E-state index is 12.9. The summed E-state index contributed by atoms with van der Waals surface area (Å²) in [5, 5.41) is 16.5. The molecule has 2 aromatic carbocycles. The van der Waals surface area contributed by atoms with E-state index in [9.17, 15) is 36.2 Å². The van der Waals surface area contributed by atoms with Crippen molar-refractivity contribution in [3.05, 3.63) is 82.2 Å². The molecule has 0 aliphatic rings. The van der Waals surface area contributed by atoms with E-state index in [1.54, 1.807) is 30.3 Å². The van der Waals surface area contributed by atoms with Crippen molar-refractivity contribution in [1.29, 1.82) is 0 Å². The van der Waals surface area contributed by atoms with Crippen LogP contribution in [0.2, 0.25) is 0 Å². The van der Waals surface area contributed by atoms with E-state index < -0.39 is 35.1 Å². The van der Waals surface area contributed by atoms with E-state index in [1.165, 1.54) is 0 Å². The predicted molar refractivity (Wildman–Crippen MR) is 105 cm³/mol. The number of benzene rings is 2. The Balaban J connectivity index is 1.81. The summed E-state index contributed by atoms with van der Waals surface area (Å²) in [7, 11) is 0. The predicted octanol–water partition coefficient (Wildman–Crippen LogP) is 5.64. The molecule has 0 saturated carbocycles. The van der Waals surface area contributed by atoms with Gasteiger partial charge in [0.1, 0.15) is 5.76 Å². The molecule has 3 aromatic rings. The van der Waals surface area contributed by atoms with Gasteiger partial charge in [-0.1, -0.05) is 35.5 Å². The molecule has 0 fully saturated rings. The maximum absolute atomic E-state index is 12.9. The Kier molecular flexibility index (Phi) is 6.75. The van der Waals surface area contributed by atoms with E-state index in [-0.39, 0.29) is 35.9 Å². The highest BCUT2D eigenvalue weighted by molar-refractivity contribution is 5.88. The van der Waals surface area contributed by atoms with Gasteiger partial charge >= 0.3 is 18.3 Å². The number of aromatic nitrogens is 1. The number of carboxylic acids is 1. The van der Waals surface area contributed by atoms with Crippen LogP contribution in [-0.2, 0) is 25.2 Å². The van der Waals surface area contributed by atoms with Crippen LogP contribution in [0, 0.1) is 0 Å². The van der Waals surface area contributed by atoms with Crippen LogP contribution in [-0.4, -0.2) is 22.4 Å². The highest BCUT2D eigenvalue weighted by atomic mass is 19.4. The van der Waals surface area contributed by atoms with Gasteiger partial charge in [-0.05, 0) is 23.8 Å². The standard InChI is InChI=1S/C21H15F6N3O3/c22-20(23,24)13-9-14(21(25,26)27)11-15(10-13)29-28-7-6-16-17(33-30-18(16)19(31)32)8-12-4-2-1-3-5-12/h1-5,7,9-11,29H,6,8H2,(H,31,32). The third-order valence-corrected chi connectivity index (χ3v) is 4.45. The lowest BCUT2D eigenvalue weighted by Crippen LogP contribution is -2.11. The lowest BCUT2D eigenvalue weighted by atomic mass is 10.0. The van der Waals surface area contributed by atoms with Gasteiger partial charge in [-0.25, -0.2) is 4.79 Å². The highest BCUT2D eigenvalue weighted by Crippen LogP contribution is 2.37. The van der Waals surface area contributed by atoms with Crippen LogP contribution >= 0.6 is 0 Å². The van der Waals surface area contributed by atoms with E-state index in [0.29, 0.717) is 12.1 Å². The number of hydrogen-bond acceptors (Lipinski definition) is 5. The number of aromatic carboxylic acids is 1. The smallest absolute Gasteiger partial charge is 0.416 e. The molecule has 0 spiro atoms. The van der Waals surface area contributed by atoms with E-state index >= 15 is 0 Å². The zero-order valence-corrected chi connectivity index (χ0v) is 16.5. The number of carbonyl (C=O) groups is 1. The van der Waals surface area contributed by atoms with E-state index in [2.05, 4.69) is 15.7 Å². The zero-order chi connectivity index (χ0) is 24.2. The second-order valence-corrected chi connectivity index (χ2v) is 6.82. The average Bonchev–Trinajstić information content (AvgIpc) is 3.13. The summed E-state index contributed by atoms with van der Waals surface area (Å²) in [4.78, 5) is 11.4. The fourth-order valence-corrected chi connectivity index (χ4v) is 2.92. The molecule has 6 nitrogen and oxygen atoms in total. The molecule has 0 amide bonds. The highest BCUT2D eigenvalue weighted by Gasteiger charge is 2.37. The van der Waals surface area contributed by atoms with Gasteiger partial charge in [0.25, 0.3) is 0 Å². The monoisotopic (exact) mass is 471 g/mol. The summed E-state index contributed by atoms with van der Waals surface area (Å²) in [6, 6.07) is 9.89. The van der Waals surface area contributed by atoms with Gasteiger partial charge in [0.05, 0.1) is 16.8 Å². The summed E-state index contributed by atoms with van der Waals surface area (Å²) >= 11 is 0. The van der Waals surface area contributed by atoms with Gasteiger partial charge < -0.3 is 9.63 Å². The Bertz CT molecular complexity index is 1120. The lowest BCUT2D eigenvalue weighted by Gasteiger charge is -2.13. The fraction of sp³-hybridized carbons (Fsp3) is 0.190. The Hall–Kier alpha value is -3.83. The molecular formula is C21H15F6N3O3. The van der Waals surface area contributed by atoms with Crippen molar-refractivity contribution < 1.29 is 40.8 Å². The van der Waals surface area contributed by atoms with Crippen LogP contribution in [0.5, 0.6) is 0 Å². The van der Waals surface area contributed by atoms with Crippen molar-refractivity contribution in [3.8, 4) is 0 Å². The normalized spacial score (nSPS) is 12.3. The first-order chi connectivity index (χ1) is 15.4. The van der Waals surface area contributed by atoms with Gasteiger partial charge in [0, 0.05) is 24.6 Å². The molecule has 0 aliphatic carbocycles. The van der Waals surface area contributed by atoms with Crippen molar-refractivity contribution in [1.82, 2.24) is 5.16 Å². The van der Waals surface area contributed by atoms with Gasteiger partial charge in [-0.15, -0.1) is 0 Å². The second-order valence-electron chi connectivity index (χ2n) is 6.82. The van der Waals surface area contributed by atoms with Gasteiger partial charge in [-0.2, -0.15) is 31.4 Å². The molecule has 0 unspecified atom stereocenters. The number of rotatable bonds is 7. The largest absolute Gasteiger partial charge is 0.476 e. The molecule has 0 bridgehead atoms. The molecule has 0 saturated heterocycles. The number of hydrazone groups is 1. The van der Waals surface area contributed by atoms with Crippen molar-refractivity contribution in [2.24, 2.45) is 5.10 Å². The van der Waals surface area contributed by atoms with Crippen LogP contribution in [0.15, 0.2) is 58.2 Å². The van der Waals surface area contributed by atoms with Crippen molar-refractivity contribution in [2.75, 3.05) is 5.43 Å². The van der Waals surface area contributed by atoms with Gasteiger partial charge in [0.2, 0.25) is 0 Å². The van der Waals surface area contributed by atoms with Crippen LogP contribution in [0.3, 0.4) is 0 Å². The summed E-state index contributed by atoms with van der Waals surface area (Å²) < 4.78 is 82.8. The first-order valence-electron chi connectivity index (χ1n) is 9.27. The topological polar surface area (TPSA) is 87.7 Å². The summed E-state index contributed by atoms with van der Waals surface area (Å²) in [5.41, 5.74) is -0.787. The van der Waals surface area contributed by atoms with Crippen LogP contribution < -0.4 is 5.43 Å². The minimum Gasteiger partial charge on any atom is -0.476 e. The number of alkyl halides is 6.